The molecule has 1 fully saturated rings. The molecule has 3 rings (SSSR count). The van der Waals surface area contributed by atoms with Crippen LogP contribution in [-0.2, 0) is 11.3 Å². The summed E-state index contributed by atoms with van der Waals surface area (Å²) in [4.78, 5) is 23.1. The second-order valence-corrected chi connectivity index (χ2v) is 6.86. The Hall–Kier alpha value is -2.57. The Bertz CT molecular complexity index is 791. The zero-order valence-corrected chi connectivity index (χ0v) is 16.4. The number of benzene rings is 1. The lowest BCUT2D eigenvalue weighted by molar-refractivity contribution is -0.128. The second-order valence-electron chi connectivity index (χ2n) is 6.86. The summed E-state index contributed by atoms with van der Waals surface area (Å²) in [5.41, 5.74) is 2.21. The summed E-state index contributed by atoms with van der Waals surface area (Å²) in [7, 11) is 0. The topological polar surface area (TPSA) is 74.6 Å². The SMILES string of the molecule is CCNC(=NCC(=O)N1CCCC1)NCCCn1c(C)nc2ccccc21. The minimum atomic E-state index is 0.116. The van der Waals surface area contributed by atoms with Gasteiger partial charge in [0.15, 0.2) is 5.96 Å². The monoisotopic (exact) mass is 370 g/mol. The molecular weight excluding hydrogens is 340 g/mol. The van der Waals surface area contributed by atoms with Gasteiger partial charge in [-0.25, -0.2) is 9.98 Å². The maximum atomic E-state index is 12.2. The number of aliphatic imine (C=N–C) groups is 1. The van der Waals surface area contributed by atoms with Crippen molar-refractivity contribution < 1.29 is 4.79 Å². The molecule has 1 aromatic carbocycles. The molecule has 1 saturated heterocycles. The van der Waals surface area contributed by atoms with Crippen LogP contribution in [0.5, 0.6) is 0 Å². The van der Waals surface area contributed by atoms with Crippen LogP contribution in [0.1, 0.15) is 32.0 Å². The summed E-state index contributed by atoms with van der Waals surface area (Å²) < 4.78 is 2.25. The van der Waals surface area contributed by atoms with Crippen molar-refractivity contribution in [2.45, 2.75) is 39.7 Å². The number of imidazole rings is 1. The highest BCUT2D eigenvalue weighted by Gasteiger charge is 2.17. The van der Waals surface area contributed by atoms with Gasteiger partial charge in [0, 0.05) is 32.7 Å². The van der Waals surface area contributed by atoms with E-state index in [-0.39, 0.29) is 12.5 Å². The highest BCUT2D eigenvalue weighted by molar-refractivity contribution is 5.85. The molecule has 7 nitrogen and oxygen atoms in total. The molecule has 2 N–H and O–H groups in total. The number of hydrogen-bond donors (Lipinski definition) is 2. The van der Waals surface area contributed by atoms with E-state index in [0.717, 1.165) is 63.3 Å². The van der Waals surface area contributed by atoms with Gasteiger partial charge in [-0.1, -0.05) is 12.1 Å². The molecule has 1 aliphatic heterocycles. The number of rotatable bonds is 7. The van der Waals surface area contributed by atoms with Gasteiger partial charge in [-0.15, -0.1) is 0 Å². The van der Waals surface area contributed by atoms with Gasteiger partial charge in [0.1, 0.15) is 12.4 Å². The Morgan fingerprint density at radius 2 is 2.00 bits per heavy atom. The van der Waals surface area contributed by atoms with E-state index < -0.39 is 0 Å². The first kappa shape index (κ1) is 19.2. The lowest BCUT2D eigenvalue weighted by Gasteiger charge is -2.15. The van der Waals surface area contributed by atoms with Crippen LogP contribution < -0.4 is 10.6 Å². The number of carbonyl (C=O) groups is 1. The molecule has 0 bridgehead atoms. The van der Waals surface area contributed by atoms with Gasteiger partial charge in [-0.05, 0) is 45.2 Å². The molecule has 2 aromatic rings. The molecule has 27 heavy (non-hydrogen) atoms. The highest BCUT2D eigenvalue weighted by atomic mass is 16.2. The summed E-state index contributed by atoms with van der Waals surface area (Å²) in [5.74, 6) is 1.86. The maximum absolute atomic E-state index is 12.2. The smallest absolute Gasteiger partial charge is 0.244 e. The predicted octanol–water partition coefficient (Wildman–Crippen LogP) is 1.91. The molecule has 0 saturated carbocycles. The molecule has 2 heterocycles. The standard InChI is InChI=1S/C20H30N6O/c1-3-21-20(23-15-19(27)25-12-6-7-13-25)22-11-8-14-26-16(2)24-17-9-4-5-10-18(17)26/h4-5,9-10H,3,6-8,11-15H2,1-2H3,(H2,21,22,23). The van der Waals surface area contributed by atoms with Crippen molar-refractivity contribution in [2.75, 3.05) is 32.7 Å². The summed E-state index contributed by atoms with van der Waals surface area (Å²) in [6.45, 7) is 8.48. The first-order valence-electron chi connectivity index (χ1n) is 9.91. The molecular formula is C20H30N6O. The van der Waals surface area contributed by atoms with E-state index >= 15 is 0 Å². The molecule has 146 valence electrons. The van der Waals surface area contributed by atoms with E-state index in [1.807, 2.05) is 36.9 Å². The number of nitrogens with one attached hydrogen (secondary N) is 2. The van der Waals surface area contributed by atoms with Crippen LogP contribution in [0.3, 0.4) is 0 Å². The van der Waals surface area contributed by atoms with Gasteiger partial charge in [-0.2, -0.15) is 0 Å². The largest absolute Gasteiger partial charge is 0.357 e. The van der Waals surface area contributed by atoms with Crippen LogP contribution in [0, 0.1) is 6.92 Å². The van der Waals surface area contributed by atoms with E-state index in [4.69, 9.17) is 0 Å². The third-order valence-electron chi connectivity index (χ3n) is 4.87. The fourth-order valence-corrected chi connectivity index (χ4v) is 3.48. The molecule has 1 aliphatic rings. The molecule has 7 heteroatoms. The predicted molar refractivity (Wildman–Crippen MR) is 109 cm³/mol. The number of guanidine groups is 1. The van der Waals surface area contributed by atoms with E-state index in [9.17, 15) is 4.79 Å². The number of para-hydroxylation sites is 2. The minimum Gasteiger partial charge on any atom is -0.357 e. The first-order valence-corrected chi connectivity index (χ1v) is 9.91. The molecule has 0 aliphatic carbocycles. The number of carbonyl (C=O) groups excluding carboxylic acids is 1. The highest BCUT2D eigenvalue weighted by Crippen LogP contribution is 2.15. The normalized spacial score (nSPS) is 14.7. The van der Waals surface area contributed by atoms with Crippen LogP contribution in [-0.4, -0.2) is 59.0 Å². The first-order chi connectivity index (χ1) is 13.2. The third kappa shape index (κ3) is 4.99. The number of nitrogens with zero attached hydrogens (tertiary/aromatic N) is 4. The number of amides is 1. The van der Waals surface area contributed by atoms with E-state index in [1.54, 1.807) is 0 Å². The molecule has 0 atom stereocenters. The second kappa shape index (κ2) is 9.39. The Kier molecular flexibility index (Phi) is 6.68. The van der Waals surface area contributed by atoms with Gasteiger partial charge in [0.25, 0.3) is 0 Å². The Labute approximate surface area is 160 Å². The minimum absolute atomic E-state index is 0.116. The van der Waals surface area contributed by atoms with E-state index in [1.165, 1.54) is 5.52 Å². The van der Waals surface area contributed by atoms with E-state index in [2.05, 4.69) is 31.2 Å². The maximum Gasteiger partial charge on any atom is 0.244 e. The summed E-state index contributed by atoms with van der Waals surface area (Å²) in [6.07, 6.45) is 3.16. The Balaban J connectivity index is 1.49. The van der Waals surface area contributed by atoms with Crippen molar-refractivity contribution in [1.29, 1.82) is 0 Å². The molecule has 1 amide bonds. The van der Waals surface area contributed by atoms with Gasteiger partial charge < -0.3 is 20.1 Å². The third-order valence-corrected chi connectivity index (χ3v) is 4.87. The summed E-state index contributed by atoms with van der Waals surface area (Å²) >= 11 is 0. The lowest BCUT2D eigenvalue weighted by atomic mass is 10.3. The van der Waals surface area contributed by atoms with Crippen molar-refractivity contribution in [1.82, 2.24) is 25.1 Å². The Morgan fingerprint density at radius 1 is 1.22 bits per heavy atom. The van der Waals surface area contributed by atoms with Crippen LogP contribution in [0.25, 0.3) is 11.0 Å². The van der Waals surface area contributed by atoms with Crippen LogP contribution in [0.2, 0.25) is 0 Å². The summed E-state index contributed by atoms with van der Waals surface area (Å²) in [5, 5.41) is 6.54. The fourth-order valence-electron chi connectivity index (χ4n) is 3.48. The average molecular weight is 371 g/mol. The number of hydrogen-bond acceptors (Lipinski definition) is 3. The van der Waals surface area contributed by atoms with Crippen LogP contribution in [0.4, 0.5) is 0 Å². The molecule has 0 spiro atoms. The van der Waals surface area contributed by atoms with Crippen molar-refractivity contribution in [3.63, 3.8) is 0 Å². The molecule has 0 radical (unpaired) electrons. The number of aryl methyl sites for hydroxylation is 2. The van der Waals surface area contributed by atoms with Gasteiger partial charge in [-0.3, -0.25) is 4.79 Å². The van der Waals surface area contributed by atoms with Gasteiger partial charge >= 0.3 is 0 Å². The molecule has 0 unspecified atom stereocenters. The lowest BCUT2D eigenvalue weighted by Crippen LogP contribution is -2.39. The number of aromatic nitrogens is 2. The van der Waals surface area contributed by atoms with Crippen molar-refractivity contribution in [3.8, 4) is 0 Å². The zero-order chi connectivity index (χ0) is 19.1. The zero-order valence-electron chi connectivity index (χ0n) is 16.4. The van der Waals surface area contributed by atoms with Crippen LogP contribution in [0.15, 0.2) is 29.3 Å². The van der Waals surface area contributed by atoms with Crippen LogP contribution >= 0.6 is 0 Å². The van der Waals surface area contributed by atoms with Crippen molar-refractivity contribution in [3.05, 3.63) is 30.1 Å². The fraction of sp³-hybridized carbons (Fsp3) is 0.550. The quantitative estimate of drug-likeness (QED) is 0.444. The van der Waals surface area contributed by atoms with E-state index in [0.29, 0.717) is 5.96 Å². The molecule has 1 aromatic heterocycles. The van der Waals surface area contributed by atoms with Gasteiger partial charge in [0.2, 0.25) is 5.91 Å². The number of likely N-dealkylation sites (tertiary alicyclic amines) is 1. The van der Waals surface area contributed by atoms with Crippen molar-refractivity contribution >= 4 is 22.9 Å². The Morgan fingerprint density at radius 3 is 2.78 bits per heavy atom. The van der Waals surface area contributed by atoms with Gasteiger partial charge in [0.05, 0.1) is 11.0 Å². The van der Waals surface area contributed by atoms with Crippen molar-refractivity contribution in [2.24, 2.45) is 4.99 Å². The number of fused-ring (bicyclic) bond motifs is 1. The average Bonchev–Trinajstić information content (AvgIpc) is 3.31. The summed E-state index contributed by atoms with van der Waals surface area (Å²) in [6, 6.07) is 8.22.